The van der Waals surface area contributed by atoms with Crippen LogP contribution in [-0.4, -0.2) is 25.2 Å². The van der Waals surface area contributed by atoms with Gasteiger partial charge in [-0.15, -0.1) is 0 Å². The number of ether oxygens (including phenoxy) is 2. The van der Waals surface area contributed by atoms with Crippen molar-refractivity contribution >= 4 is 11.9 Å². The lowest BCUT2D eigenvalue weighted by Gasteiger charge is -2.10. The molecule has 0 heterocycles. The summed E-state index contributed by atoms with van der Waals surface area (Å²) in [6, 6.07) is 0. The molecule has 4 heteroatoms. The largest absolute Gasteiger partial charge is 0.465 e. The molecule has 0 aromatic rings. The minimum Gasteiger partial charge on any atom is -0.465 e. The molecule has 76 valence electrons. The second-order valence-corrected chi connectivity index (χ2v) is 2.87. The molecular weight excluding hydrogens is 172 g/mol. The fraction of sp³-hybridized carbons (Fsp3) is 0.778. The smallest absolute Gasteiger partial charge is 0.312 e. The van der Waals surface area contributed by atoms with Crippen molar-refractivity contribution in [3.05, 3.63) is 0 Å². The predicted octanol–water partition coefficient (Wildman–Crippen LogP) is 1.14. The summed E-state index contributed by atoms with van der Waals surface area (Å²) >= 11 is 0. The van der Waals surface area contributed by atoms with Crippen LogP contribution in [0, 0.1) is 5.92 Å². The Morgan fingerprint density at radius 2 is 1.92 bits per heavy atom. The van der Waals surface area contributed by atoms with Gasteiger partial charge in [-0.05, 0) is 13.3 Å². The van der Waals surface area contributed by atoms with Crippen LogP contribution < -0.4 is 0 Å². The Hall–Kier alpha value is -1.06. The van der Waals surface area contributed by atoms with Gasteiger partial charge in [-0.25, -0.2) is 0 Å². The van der Waals surface area contributed by atoms with E-state index in [-0.39, 0.29) is 24.5 Å². The Kier molecular flexibility index (Phi) is 5.93. The van der Waals surface area contributed by atoms with E-state index >= 15 is 0 Å². The molecule has 0 amide bonds. The molecule has 0 fully saturated rings. The zero-order valence-corrected chi connectivity index (χ0v) is 8.33. The van der Waals surface area contributed by atoms with Gasteiger partial charge >= 0.3 is 11.9 Å². The minimum atomic E-state index is -0.379. The van der Waals surface area contributed by atoms with E-state index in [1.165, 1.54) is 6.92 Å². The average molecular weight is 188 g/mol. The van der Waals surface area contributed by atoms with Crippen molar-refractivity contribution in [2.45, 2.75) is 27.2 Å². The van der Waals surface area contributed by atoms with Crippen molar-refractivity contribution in [1.29, 1.82) is 0 Å². The third-order valence-corrected chi connectivity index (χ3v) is 1.39. The van der Waals surface area contributed by atoms with E-state index in [1.54, 1.807) is 6.92 Å². The Bertz CT molecular complexity index is 176. The second-order valence-electron chi connectivity index (χ2n) is 2.87. The van der Waals surface area contributed by atoms with Gasteiger partial charge in [-0.1, -0.05) is 6.92 Å². The van der Waals surface area contributed by atoms with E-state index in [9.17, 15) is 9.59 Å². The number of esters is 2. The molecule has 1 atom stereocenters. The SMILES string of the molecule is CCCOC(=O)C(C)COC(C)=O. The molecule has 0 aromatic carbocycles. The lowest BCUT2D eigenvalue weighted by atomic mass is 10.2. The molecular formula is C9H16O4. The predicted molar refractivity (Wildman–Crippen MR) is 47.0 cm³/mol. The molecule has 0 bridgehead atoms. The summed E-state index contributed by atoms with van der Waals surface area (Å²) in [5.74, 6) is -1.08. The molecule has 4 nitrogen and oxygen atoms in total. The van der Waals surface area contributed by atoms with Crippen LogP contribution in [0.1, 0.15) is 27.2 Å². The Labute approximate surface area is 78.2 Å². The van der Waals surface area contributed by atoms with Gasteiger partial charge in [0.25, 0.3) is 0 Å². The summed E-state index contributed by atoms with van der Waals surface area (Å²) < 4.78 is 9.52. The van der Waals surface area contributed by atoms with Crippen LogP contribution in [-0.2, 0) is 19.1 Å². The highest BCUT2D eigenvalue weighted by Gasteiger charge is 2.15. The van der Waals surface area contributed by atoms with Crippen molar-refractivity contribution in [3.8, 4) is 0 Å². The van der Waals surface area contributed by atoms with Crippen LogP contribution in [0.25, 0.3) is 0 Å². The van der Waals surface area contributed by atoms with Gasteiger partial charge in [-0.3, -0.25) is 9.59 Å². The number of hydrogen-bond acceptors (Lipinski definition) is 4. The number of rotatable bonds is 5. The molecule has 0 N–H and O–H groups in total. The lowest BCUT2D eigenvalue weighted by Crippen LogP contribution is -2.21. The van der Waals surface area contributed by atoms with Crippen molar-refractivity contribution in [3.63, 3.8) is 0 Å². The second kappa shape index (κ2) is 6.46. The topological polar surface area (TPSA) is 52.6 Å². The molecule has 0 rings (SSSR count). The van der Waals surface area contributed by atoms with E-state index in [1.807, 2.05) is 6.92 Å². The molecule has 0 aliphatic rings. The van der Waals surface area contributed by atoms with Crippen LogP contribution >= 0.6 is 0 Å². The highest BCUT2D eigenvalue weighted by atomic mass is 16.5. The van der Waals surface area contributed by atoms with Crippen molar-refractivity contribution < 1.29 is 19.1 Å². The van der Waals surface area contributed by atoms with Crippen LogP contribution in [0.15, 0.2) is 0 Å². The summed E-state index contributed by atoms with van der Waals surface area (Å²) in [7, 11) is 0. The molecule has 0 aromatic heterocycles. The fourth-order valence-electron chi connectivity index (χ4n) is 0.655. The fourth-order valence-corrected chi connectivity index (χ4v) is 0.655. The van der Waals surface area contributed by atoms with Gasteiger partial charge in [0.05, 0.1) is 12.5 Å². The van der Waals surface area contributed by atoms with E-state index in [4.69, 9.17) is 4.74 Å². The van der Waals surface area contributed by atoms with E-state index in [2.05, 4.69) is 4.74 Å². The first-order valence-electron chi connectivity index (χ1n) is 4.38. The Balaban J connectivity index is 3.62. The number of hydrogen-bond donors (Lipinski definition) is 0. The van der Waals surface area contributed by atoms with Crippen molar-refractivity contribution in [2.75, 3.05) is 13.2 Å². The van der Waals surface area contributed by atoms with Gasteiger partial charge < -0.3 is 9.47 Å². The zero-order chi connectivity index (χ0) is 10.3. The molecule has 1 unspecified atom stereocenters. The van der Waals surface area contributed by atoms with Crippen molar-refractivity contribution in [2.24, 2.45) is 5.92 Å². The van der Waals surface area contributed by atoms with Crippen LogP contribution in [0.4, 0.5) is 0 Å². The van der Waals surface area contributed by atoms with Gasteiger partial charge in [0.2, 0.25) is 0 Å². The standard InChI is InChI=1S/C9H16O4/c1-4-5-12-9(11)7(2)6-13-8(3)10/h7H,4-6H2,1-3H3. The van der Waals surface area contributed by atoms with E-state index in [0.717, 1.165) is 6.42 Å². The molecule has 0 aliphatic carbocycles. The minimum absolute atomic E-state index is 0.0951. The van der Waals surface area contributed by atoms with Gasteiger partial charge in [0.15, 0.2) is 0 Å². The molecule has 0 radical (unpaired) electrons. The first-order valence-corrected chi connectivity index (χ1v) is 4.38. The first kappa shape index (κ1) is 11.9. The highest BCUT2D eigenvalue weighted by molar-refractivity contribution is 5.73. The maximum Gasteiger partial charge on any atom is 0.312 e. The summed E-state index contributed by atoms with van der Waals surface area (Å²) in [6.45, 7) is 5.41. The average Bonchev–Trinajstić information content (AvgIpc) is 2.10. The summed E-state index contributed by atoms with van der Waals surface area (Å²) in [6.07, 6.45) is 0.798. The zero-order valence-electron chi connectivity index (χ0n) is 8.33. The molecule has 0 spiro atoms. The Morgan fingerprint density at radius 1 is 1.31 bits per heavy atom. The Morgan fingerprint density at radius 3 is 2.38 bits per heavy atom. The van der Waals surface area contributed by atoms with E-state index in [0.29, 0.717) is 6.61 Å². The molecule has 0 aliphatic heterocycles. The monoisotopic (exact) mass is 188 g/mol. The normalized spacial score (nSPS) is 11.9. The quantitative estimate of drug-likeness (QED) is 0.607. The number of carbonyl (C=O) groups is 2. The van der Waals surface area contributed by atoms with Gasteiger partial charge in [0.1, 0.15) is 6.61 Å². The maximum absolute atomic E-state index is 11.1. The summed E-state index contributed by atoms with van der Waals surface area (Å²) in [5.41, 5.74) is 0. The molecule has 13 heavy (non-hydrogen) atoms. The summed E-state index contributed by atoms with van der Waals surface area (Å²) in [5, 5.41) is 0. The highest BCUT2D eigenvalue weighted by Crippen LogP contribution is 2.00. The third-order valence-electron chi connectivity index (χ3n) is 1.39. The molecule has 0 saturated carbocycles. The van der Waals surface area contributed by atoms with Crippen LogP contribution in [0.2, 0.25) is 0 Å². The van der Waals surface area contributed by atoms with Crippen LogP contribution in [0.3, 0.4) is 0 Å². The van der Waals surface area contributed by atoms with Crippen molar-refractivity contribution in [1.82, 2.24) is 0 Å². The van der Waals surface area contributed by atoms with Gasteiger partial charge in [-0.2, -0.15) is 0 Å². The first-order chi connectivity index (χ1) is 6.07. The van der Waals surface area contributed by atoms with Gasteiger partial charge in [0, 0.05) is 6.92 Å². The summed E-state index contributed by atoms with van der Waals surface area (Å²) in [4.78, 5) is 21.5. The lowest BCUT2D eigenvalue weighted by molar-refractivity contribution is -0.153. The van der Waals surface area contributed by atoms with Crippen LogP contribution in [0.5, 0.6) is 0 Å². The third kappa shape index (κ3) is 6.13. The number of carbonyl (C=O) groups excluding carboxylic acids is 2. The van der Waals surface area contributed by atoms with E-state index < -0.39 is 0 Å². The molecule has 0 saturated heterocycles. The maximum atomic E-state index is 11.1.